The van der Waals surface area contributed by atoms with E-state index < -0.39 is 226 Å². The number of ketones is 4. The Morgan fingerprint density at radius 3 is 1.70 bits per heavy atom. The van der Waals surface area contributed by atoms with Crippen molar-refractivity contribution in [2.24, 2.45) is 35.1 Å². The molecule has 2 heterocycles. The van der Waals surface area contributed by atoms with Gasteiger partial charge in [-0.05, 0) is 188 Å². The molecule has 0 bridgehead atoms. The second kappa shape index (κ2) is 55.5. The third kappa shape index (κ3) is 38.1. The molecule has 0 fully saturated rings. The van der Waals surface area contributed by atoms with Crippen LogP contribution in [-0.2, 0) is 110 Å². The fraction of sp³-hybridized carbons (Fsp3) is 0.577. The summed E-state index contributed by atoms with van der Waals surface area (Å²) in [6, 6.07) is 2.42. The third-order valence-electron chi connectivity index (χ3n) is 23.7. The molecule has 40 nitrogen and oxygen atoms in total. The molecule has 1 aliphatic heterocycles. The van der Waals surface area contributed by atoms with Crippen molar-refractivity contribution in [3.8, 4) is 5.75 Å². The normalized spacial score (nSPS) is 22.2. The van der Waals surface area contributed by atoms with Crippen molar-refractivity contribution in [3.05, 3.63) is 114 Å². The first kappa shape index (κ1) is 115. The van der Waals surface area contributed by atoms with E-state index in [-0.39, 0.29) is 101 Å². The number of hydrogen-bond donors (Lipinski definition) is 20. The lowest BCUT2D eigenvalue weighted by molar-refractivity contribution is -0.140. The van der Waals surface area contributed by atoms with Gasteiger partial charge in [0.15, 0.2) is 0 Å². The van der Waals surface area contributed by atoms with Gasteiger partial charge in [-0.15, -0.1) is 0 Å². The molecule has 15 amide bonds. The van der Waals surface area contributed by atoms with Gasteiger partial charge < -0.3 is 111 Å². The molecule has 4 aromatic rings. The van der Waals surface area contributed by atoms with E-state index in [4.69, 9.17) is 11.5 Å². The van der Waals surface area contributed by atoms with Gasteiger partial charge in [0.2, 0.25) is 112 Å². The number of aliphatic hydroxyl groups is 1. The quantitative estimate of drug-likeness (QED) is 0.0214. The van der Waals surface area contributed by atoms with Crippen molar-refractivity contribution >= 4 is 123 Å². The minimum Gasteiger partial charge on any atom is -0.508 e. The number of aromatic hydroxyl groups is 1. The van der Waals surface area contributed by atoms with Gasteiger partial charge in [0, 0.05) is 61.8 Å². The number of Topliss-reactive ketones (excluding diaryl/α,β-unsaturated/α-hetero) is 4. The van der Waals surface area contributed by atoms with E-state index in [1.165, 1.54) is 100 Å². The van der Waals surface area contributed by atoms with Gasteiger partial charge in [-0.1, -0.05) is 127 Å². The number of benzene rings is 3. The summed E-state index contributed by atoms with van der Waals surface area (Å²) >= 11 is 0. The van der Waals surface area contributed by atoms with Gasteiger partial charge in [0.1, 0.15) is 71.2 Å². The number of amides is 15. The van der Waals surface area contributed by atoms with Crippen molar-refractivity contribution in [1.29, 1.82) is 0 Å². The minimum absolute atomic E-state index is 0.00222. The number of likely N-dealkylation sites (N-methyl/N-ethyl adjacent to an activating group) is 1. The van der Waals surface area contributed by atoms with Crippen LogP contribution in [-0.4, -0.2) is 261 Å². The number of nitrogens with one attached hydrogen (secondary N) is 16. The number of nitrogens with zero attached hydrogens (tertiary/aromatic N) is 1. The largest absolute Gasteiger partial charge is 0.508 e. The number of rotatable bonds is 38. The molecule has 137 heavy (non-hydrogen) atoms. The van der Waals surface area contributed by atoms with Crippen LogP contribution in [0.1, 0.15) is 204 Å². The summed E-state index contributed by atoms with van der Waals surface area (Å²) in [6.45, 7) is 21.6. The lowest BCUT2D eigenvalue weighted by Crippen LogP contribution is -2.65. The fourth-order valence-electron chi connectivity index (χ4n) is 15.2. The number of aliphatic hydroxyl groups excluding tert-OH is 1. The van der Waals surface area contributed by atoms with Crippen LogP contribution >= 0.6 is 0 Å². The number of carbonyl (C=O) groups excluding carboxylic acids is 19. The SMILES string of the molecule is CC(C)C[C@@H]1CN[C@@H](CCC(N)=O)C(=O)C(=O)[C@H](C)NC(=O)[C@H](Cc2c[nH]c3ccccc23)NC(=O)[C@H](Cc2ccc(O)cc2)NC(=O)C(C)NC(=O)[C@](C)(NC(=O)[C@H](Cc2ccccc2)NC(=O)[C@@H](NC(=O)[C@H](CC(C)C)NC(=O)CN(C)C)[C@@H](C)O)CCCCCC/C=C/CCC[C@@](C)(C(=O)NC(C)C(=O)N[C@@H](C)C(=O)NC(C)C(=O)N[C@@H](C)C(=O)C(=O)[C@H](C)NC[C@H](C)C(N)=O)NC1=O. The summed E-state index contributed by atoms with van der Waals surface area (Å²) in [5.74, 6) is -19.1. The van der Waals surface area contributed by atoms with Crippen LogP contribution in [0.15, 0.2) is 97.2 Å². The Labute approximate surface area is 800 Å². The second-order valence-electron chi connectivity index (χ2n) is 37.5. The predicted molar refractivity (Wildman–Crippen MR) is 512 cm³/mol. The van der Waals surface area contributed by atoms with Crippen LogP contribution in [0, 0.1) is 23.7 Å². The van der Waals surface area contributed by atoms with Crippen LogP contribution in [0.2, 0.25) is 0 Å². The second-order valence-corrected chi connectivity index (χ2v) is 37.5. The van der Waals surface area contributed by atoms with E-state index in [2.05, 4.69) is 84.7 Å². The number of primary amides is 2. The highest BCUT2D eigenvalue weighted by Gasteiger charge is 2.44. The number of phenols is 1. The number of fused-ring (bicyclic) bond motifs is 1. The molecule has 18 atom stereocenters. The molecule has 1 aliphatic rings. The Morgan fingerprint density at radius 1 is 0.533 bits per heavy atom. The minimum atomic E-state index is -1.93. The first-order valence-electron chi connectivity index (χ1n) is 46.9. The zero-order valence-electron chi connectivity index (χ0n) is 81.8. The van der Waals surface area contributed by atoms with E-state index in [1.807, 2.05) is 39.8 Å². The van der Waals surface area contributed by atoms with Gasteiger partial charge in [-0.3, -0.25) is 91.1 Å². The molecule has 0 saturated carbocycles. The number of aromatic amines is 1. The molecule has 0 spiro atoms. The van der Waals surface area contributed by atoms with Crippen molar-refractivity contribution < 1.29 is 101 Å². The topological polar surface area (TPSA) is 616 Å². The van der Waals surface area contributed by atoms with Crippen LogP contribution < -0.4 is 91.2 Å². The summed E-state index contributed by atoms with van der Waals surface area (Å²) < 4.78 is 0. The maximum Gasteiger partial charge on any atom is 0.246 e. The van der Waals surface area contributed by atoms with Crippen molar-refractivity contribution in [2.75, 3.05) is 33.7 Å². The Kier molecular flexibility index (Phi) is 46.5. The highest BCUT2D eigenvalue weighted by atomic mass is 16.3. The number of hydrogen-bond acceptors (Lipinski definition) is 24. The molecule has 40 heteroatoms. The molecule has 5 rings (SSSR count). The van der Waals surface area contributed by atoms with Crippen molar-refractivity contribution in [3.63, 3.8) is 0 Å². The monoisotopic (exact) mass is 1910 g/mol. The molecule has 1 aromatic heterocycles. The smallest absolute Gasteiger partial charge is 0.246 e. The summed E-state index contributed by atoms with van der Waals surface area (Å²) in [4.78, 5) is 273. The number of aromatic nitrogens is 1. The molecule has 22 N–H and O–H groups in total. The first-order valence-corrected chi connectivity index (χ1v) is 46.9. The number of allylic oxidation sites excluding steroid dienone is 2. The van der Waals surface area contributed by atoms with Gasteiger partial charge >= 0.3 is 0 Å². The number of phenolic OH excluding ortho intramolecular Hbond substituents is 1. The summed E-state index contributed by atoms with van der Waals surface area (Å²) in [7, 11) is 3.34. The molecule has 754 valence electrons. The van der Waals surface area contributed by atoms with E-state index in [1.54, 1.807) is 79.8 Å². The number of carbonyl (C=O) groups is 19. The molecule has 0 radical (unpaired) electrons. The maximum absolute atomic E-state index is 15.3. The molecular formula is C97H145N19O21. The highest BCUT2D eigenvalue weighted by Crippen LogP contribution is 2.25. The van der Waals surface area contributed by atoms with E-state index in [0.717, 1.165) is 0 Å². The molecule has 3 unspecified atom stereocenters. The summed E-state index contributed by atoms with van der Waals surface area (Å²) in [5.41, 5.74) is 9.24. The maximum atomic E-state index is 15.3. The zero-order chi connectivity index (χ0) is 102. The van der Waals surface area contributed by atoms with E-state index in [9.17, 15) is 77.3 Å². The van der Waals surface area contributed by atoms with Gasteiger partial charge in [-0.25, -0.2) is 0 Å². The Hall–Kier alpha value is -12.7. The zero-order valence-corrected chi connectivity index (χ0v) is 81.8. The highest BCUT2D eigenvalue weighted by molar-refractivity contribution is 6.41. The fourth-order valence-corrected chi connectivity index (χ4v) is 15.2. The van der Waals surface area contributed by atoms with Crippen LogP contribution in [0.3, 0.4) is 0 Å². The molecule has 0 aliphatic carbocycles. The molecular weight excluding hydrogens is 1770 g/mol. The number of H-pyrrole nitrogens is 1. The standard InChI is InChI=1S/C97H145N19O21/c1-53(2)44-67-51-102-71(40-41-76(98)119)82(124)81(123)58(8)104-89(131)75(48-66-50-101-70-35-29-28-34-69(66)70)111-90(132)73(47-65-36-38-68(118)39-37-65)110-87(129)62(12)108-95(137)97(15,115-92(134)74(46-64-32-26-25-27-33-64)112-93(135)78(63(13)117)113-91(133)72(45-54(3)4)109-77(120)52-116(16)17)43-31-24-22-20-18-19-21-23-30-42-96(14,114-88(67)130)94(136)107-61(11)86(128)106-60(10)85(127)105-59(9)84(126)103-57(7)80(122)79(121)56(6)100-49-55(5)83(99)125/h19,21,25-29,32-39,50,53-63,67,71-75,78,100-102,117-118H,18,20,22-24,30-31,40-49,51-52H2,1-17H3,(H2,98,119)(H2,99,125)(H,103,126)(H,104,131)(H,105,127)(H,106,128)(H,107,136)(H,108,137)(H,109,120)(H,110,129)(H,111,132)(H,112,135)(H,113,133)(H,114,130)(H,115,134)/b21-19+/t55-,56-,57-,58-,59?,60-,61?,62?,63+,67+,71-,72-,73-,74-,75-,78-,96-,97+/m0/s1. The number of nitrogens with two attached hydrogens (primary N) is 2. The van der Waals surface area contributed by atoms with Crippen molar-refractivity contribution in [1.82, 2.24) is 89.6 Å². The molecule has 0 saturated heterocycles. The Balaban J connectivity index is 1.55. The average molecular weight is 1910 g/mol. The molecule has 3 aromatic carbocycles. The average Bonchev–Trinajstić information content (AvgIpc) is 1.79. The lowest BCUT2D eigenvalue weighted by Gasteiger charge is -2.33. The van der Waals surface area contributed by atoms with Gasteiger partial charge in [-0.2, -0.15) is 0 Å². The van der Waals surface area contributed by atoms with Crippen LogP contribution in [0.4, 0.5) is 0 Å². The predicted octanol–water partition coefficient (Wildman–Crippen LogP) is 0.435. The van der Waals surface area contributed by atoms with Crippen LogP contribution in [0.25, 0.3) is 10.9 Å². The first-order chi connectivity index (χ1) is 64.3. The van der Waals surface area contributed by atoms with Gasteiger partial charge in [0.05, 0.1) is 42.7 Å². The summed E-state index contributed by atoms with van der Waals surface area (Å²) in [6.07, 6.45) is 5.26. The van der Waals surface area contributed by atoms with Crippen molar-refractivity contribution in [2.45, 2.75) is 302 Å². The van der Waals surface area contributed by atoms with E-state index >= 15 is 24.0 Å². The third-order valence-corrected chi connectivity index (χ3v) is 23.7. The Bertz CT molecular complexity index is 4890. The number of para-hydroxylation sites is 1. The summed E-state index contributed by atoms with van der Waals surface area (Å²) in [5, 5.41) is 62.4. The van der Waals surface area contributed by atoms with E-state index in [0.29, 0.717) is 59.7 Å². The lowest BCUT2D eigenvalue weighted by atomic mass is 9.89. The Morgan fingerprint density at radius 2 is 1.10 bits per heavy atom. The van der Waals surface area contributed by atoms with Gasteiger partial charge in [0.25, 0.3) is 0 Å². The van der Waals surface area contributed by atoms with Crippen LogP contribution in [0.5, 0.6) is 5.75 Å².